The molecule has 4 atom stereocenters. The van der Waals surface area contributed by atoms with E-state index in [1.807, 2.05) is 0 Å². The molecule has 2 heterocycles. The summed E-state index contributed by atoms with van der Waals surface area (Å²) < 4.78 is 34.7. The molecule has 2 N–H and O–H groups in total. The predicted molar refractivity (Wildman–Crippen MR) is 57.6 cm³/mol. The molecule has 0 aromatic carbocycles. The van der Waals surface area contributed by atoms with Gasteiger partial charge in [-0.1, -0.05) is 6.92 Å². The van der Waals surface area contributed by atoms with Crippen molar-refractivity contribution in [2.24, 2.45) is 0 Å². The molecule has 2 rings (SSSR count). The molecule has 0 radical (unpaired) electrons. The molecule has 0 spiro atoms. The van der Waals surface area contributed by atoms with Gasteiger partial charge in [0.15, 0.2) is 9.84 Å². The Morgan fingerprint density at radius 3 is 2.56 bits per heavy atom. The van der Waals surface area contributed by atoms with Gasteiger partial charge in [0.1, 0.15) is 23.6 Å². The second kappa shape index (κ2) is 5.37. The lowest BCUT2D eigenvalue weighted by Gasteiger charge is -2.17. The summed E-state index contributed by atoms with van der Waals surface area (Å²) in [6.45, 7) is 1.90. The van der Waals surface area contributed by atoms with Crippen LogP contribution in [0.1, 0.15) is 13.3 Å². The summed E-state index contributed by atoms with van der Waals surface area (Å²) in [6, 6.07) is 0. The van der Waals surface area contributed by atoms with Gasteiger partial charge in [-0.3, -0.25) is 10.4 Å². The molecule has 2 aliphatic heterocycles. The topological polar surface area (TPSA) is 106 Å². The van der Waals surface area contributed by atoms with Gasteiger partial charge in [-0.15, -0.1) is 0 Å². The van der Waals surface area contributed by atoms with Crippen LogP contribution in [0, 0.1) is 0 Å². The molecule has 0 amide bonds. The average molecular weight is 283 g/mol. The Labute approximate surface area is 105 Å². The van der Waals surface area contributed by atoms with E-state index < -0.39 is 38.8 Å². The molecular formula is C9H17NO7S. The highest BCUT2D eigenvalue weighted by Gasteiger charge is 2.53. The van der Waals surface area contributed by atoms with Crippen LogP contribution in [-0.2, 0) is 24.1 Å². The normalized spacial score (nSPS) is 36.2. The molecule has 8 nitrogen and oxygen atoms in total. The van der Waals surface area contributed by atoms with E-state index in [2.05, 4.69) is 4.84 Å². The average Bonchev–Trinajstić information content (AvgIpc) is 2.80. The van der Waals surface area contributed by atoms with E-state index in [9.17, 15) is 8.42 Å². The third-order valence-electron chi connectivity index (χ3n) is 3.14. The van der Waals surface area contributed by atoms with E-state index in [0.717, 1.165) is 0 Å². The van der Waals surface area contributed by atoms with Crippen LogP contribution in [0.2, 0.25) is 0 Å². The van der Waals surface area contributed by atoms with Gasteiger partial charge >= 0.3 is 0 Å². The first-order valence-electron chi connectivity index (χ1n) is 5.75. The second-order valence-electron chi connectivity index (χ2n) is 4.40. The molecule has 0 unspecified atom stereocenters. The van der Waals surface area contributed by atoms with Crippen molar-refractivity contribution in [3.8, 4) is 0 Å². The van der Waals surface area contributed by atoms with Gasteiger partial charge in [0.05, 0.1) is 24.4 Å². The van der Waals surface area contributed by atoms with Gasteiger partial charge in [-0.05, 0) is 6.42 Å². The maximum absolute atomic E-state index is 12.0. The largest absolute Gasteiger partial charge is 0.371 e. The number of fused-ring (bicyclic) bond motifs is 1. The minimum atomic E-state index is -3.26. The molecule has 106 valence electrons. The van der Waals surface area contributed by atoms with E-state index in [1.54, 1.807) is 6.92 Å². The third-order valence-corrected chi connectivity index (χ3v) is 5.45. The van der Waals surface area contributed by atoms with Gasteiger partial charge in [-0.2, -0.15) is 0 Å². The summed E-state index contributed by atoms with van der Waals surface area (Å²) in [5, 5.41) is 16.0. The lowest BCUT2D eigenvalue weighted by atomic mass is 10.1. The molecule has 2 aliphatic rings. The fraction of sp³-hybridized carbons (Fsp3) is 1.00. The molecule has 2 fully saturated rings. The summed E-state index contributed by atoms with van der Waals surface area (Å²) in [5.41, 5.74) is 0. The maximum atomic E-state index is 12.0. The highest BCUT2D eigenvalue weighted by molar-refractivity contribution is 7.92. The van der Waals surface area contributed by atoms with Crippen molar-refractivity contribution in [2.75, 3.05) is 19.0 Å². The van der Waals surface area contributed by atoms with Gasteiger partial charge in [-0.25, -0.2) is 13.3 Å². The Morgan fingerprint density at radius 1 is 1.28 bits per heavy atom. The van der Waals surface area contributed by atoms with Gasteiger partial charge < -0.3 is 9.47 Å². The first kappa shape index (κ1) is 14.1. The van der Waals surface area contributed by atoms with Crippen molar-refractivity contribution in [1.82, 2.24) is 5.39 Å². The number of sulfone groups is 1. The highest BCUT2D eigenvalue weighted by Crippen LogP contribution is 2.32. The fourth-order valence-electron chi connectivity index (χ4n) is 2.38. The molecule has 18 heavy (non-hydrogen) atoms. The van der Waals surface area contributed by atoms with E-state index in [-0.39, 0.29) is 19.0 Å². The Kier molecular flexibility index (Phi) is 4.22. The Hall–Kier alpha value is -0.290. The van der Waals surface area contributed by atoms with Crippen molar-refractivity contribution in [3.05, 3.63) is 0 Å². The second-order valence-corrected chi connectivity index (χ2v) is 6.74. The zero-order valence-electron chi connectivity index (χ0n) is 9.93. The van der Waals surface area contributed by atoms with Crippen LogP contribution in [0.5, 0.6) is 0 Å². The summed E-state index contributed by atoms with van der Waals surface area (Å²) in [4.78, 5) is 4.65. The molecule has 0 aromatic rings. The van der Waals surface area contributed by atoms with Gasteiger partial charge in [0.25, 0.3) is 0 Å². The van der Waals surface area contributed by atoms with E-state index in [1.165, 1.54) is 0 Å². The first-order valence-corrected chi connectivity index (χ1v) is 7.46. The van der Waals surface area contributed by atoms with Gasteiger partial charge in [0.2, 0.25) is 0 Å². The van der Waals surface area contributed by atoms with Crippen LogP contribution in [0.3, 0.4) is 0 Å². The third kappa shape index (κ3) is 2.67. The van der Waals surface area contributed by atoms with E-state index >= 15 is 0 Å². The fourth-order valence-corrected chi connectivity index (χ4v) is 4.18. The number of ether oxygens (including phenoxy) is 2. The standard InChI is InChI=1S/C9H17NO7S/c1-2-3-18(13,14)7-5-16-8-6(17-10(11)12)4-15-9(7)8/h6-9,11-12H,2-5H2,1H3/t6-,7-,8-,9-/m1/s1. The van der Waals surface area contributed by atoms with Gasteiger partial charge in [0, 0.05) is 0 Å². The molecule has 0 aliphatic carbocycles. The van der Waals surface area contributed by atoms with Crippen molar-refractivity contribution in [3.63, 3.8) is 0 Å². The summed E-state index contributed by atoms with van der Waals surface area (Å²) in [5.74, 6) is 0.0885. The van der Waals surface area contributed by atoms with Crippen molar-refractivity contribution < 1.29 is 33.1 Å². The Morgan fingerprint density at radius 2 is 1.94 bits per heavy atom. The van der Waals surface area contributed by atoms with Crippen LogP contribution < -0.4 is 0 Å². The summed E-state index contributed by atoms with van der Waals surface area (Å²) in [6.07, 6.45) is -1.38. The minimum absolute atomic E-state index is 0.0500. The zero-order valence-corrected chi connectivity index (χ0v) is 10.7. The molecule has 0 saturated carbocycles. The quantitative estimate of drug-likeness (QED) is 0.642. The van der Waals surface area contributed by atoms with E-state index in [4.69, 9.17) is 19.9 Å². The van der Waals surface area contributed by atoms with Crippen molar-refractivity contribution >= 4 is 9.84 Å². The minimum Gasteiger partial charge on any atom is -0.371 e. The maximum Gasteiger partial charge on any atom is 0.158 e. The van der Waals surface area contributed by atoms with Crippen LogP contribution >= 0.6 is 0 Å². The molecule has 9 heteroatoms. The zero-order chi connectivity index (χ0) is 13.3. The molecule has 0 bridgehead atoms. The monoisotopic (exact) mass is 283 g/mol. The van der Waals surface area contributed by atoms with Crippen LogP contribution in [0.4, 0.5) is 0 Å². The number of rotatable bonds is 5. The summed E-state index contributed by atoms with van der Waals surface area (Å²) >= 11 is 0. The van der Waals surface area contributed by atoms with E-state index in [0.29, 0.717) is 6.42 Å². The summed E-state index contributed by atoms with van der Waals surface area (Å²) in [7, 11) is -3.26. The SMILES string of the molecule is CCCS(=O)(=O)[C@@H]1CO[C@H]2[C@@H]1OC[C@H]2ON(O)O. The smallest absolute Gasteiger partial charge is 0.158 e. The van der Waals surface area contributed by atoms with Crippen LogP contribution in [-0.4, -0.2) is 66.8 Å². The predicted octanol–water partition coefficient (Wildman–Crippen LogP) is -0.642. The Balaban J connectivity index is 2.05. The first-order chi connectivity index (χ1) is 8.45. The lowest BCUT2D eigenvalue weighted by molar-refractivity contribution is -0.507. The Bertz CT molecular complexity index is 384. The van der Waals surface area contributed by atoms with Crippen molar-refractivity contribution in [1.29, 1.82) is 0 Å². The lowest BCUT2D eigenvalue weighted by Crippen LogP contribution is -2.39. The highest BCUT2D eigenvalue weighted by atomic mass is 32.2. The number of nitrogens with zero attached hydrogens (tertiary/aromatic N) is 1. The molecule has 2 saturated heterocycles. The number of hydrogen-bond donors (Lipinski definition) is 2. The van der Waals surface area contributed by atoms with Crippen LogP contribution in [0.15, 0.2) is 0 Å². The van der Waals surface area contributed by atoms with Crippen molar-refractivity contribution in [2.45, 2.75) is 36.9 Å². The van der Waals surface area contributed by atoms with Crippen LogP contribution in [0.25, 0.3) is 0 Å². The molecule has 0 aromatic heterocycles. The number of hydrogen-bond acceptors (Lipinski definition) is 8. The molecular weight excluding hydrogens is 266 g/mol.